The molecule has 0 saturated carbocycles. The molecule has 26 aromatic rings. The highest BCUT2D eigenvalue weighted by molar-refractivity contribution is 7.25. The minimum Gasteiger partial charge on any atom is -0.456 e. The molecule has 4 heterocycles. The first-order chi connectivity index (χ1) is 65.5. The maximum atomic E-state index is 7.14. The Morgan fingerprint density at radius 1 is 0.152 bits per heavy atom. The largest absolute Gasteiger partial charge is 0.456 e. The third kappa shape index (κ3) is 13.3. The average molecular weight is 1710 g/mol. The van der Waals surface area contributed by atoms with E-state index in [0.29, 0.717) is 0 Å². The number of fused-ring (bicyclic) bond motifs is 22. The van der Waals surface area contributed by atoms with Crippen molar-refractivity contribution in [3.63, 3.8) is 0 Å². The van der Waals surface area contributed by atoms with Gasteiger partial charge in [0.2, 0.25) is 0 Å². The number of rotatable bonds is 16. The van der Waals surface area contributed by atoms with Gasteiger partial charge in [-0.3, -0.25) is 0 Å². The van der Waals surface area contributed by atoms with Crippen molar-refractivity contribution in [1.29, 1.82) is 0 Å². The fourth-order valence-electron chi connectivity index (χ4n) is 20.1. The van der Waals surface area contributed by atoms with Crippen molar-refractivity contribution in [3.8, 4) is 44.5 Å². The Morgan fingerprint density at radius 3 is 0.833 bits per heavy atom. The molecule has 0 unspecified atom stereocenters. The van der Waals surface area contributed by atoms with Gasteiger partial charge in [-0.15, -0.1) is 11.3 Å². The van der Waals surface area contributed by atoms with E-state index < -0.39 is 0 Å². The van der Waals surface area contributed by atoms with Gasteiger partial charge in [0.25, 0.3) is 0 Å². The topological polar surface area (TPSA) is 52.4 Å². The predicted molar refractivity (Wildman–Crippen MR) is 558 cm³/mol. The Kier molecular flexibility index (Phi) is 19.0. The second-order valence-electron chi connectivity index (χ2n) is 33.6. The number of para-hydroxylation sites is 7. The lowest BCUT2D eigenvalue weighted by molar-refractivity contribution is 0.669. The van der Waals surface area contributed by atoms with Crippen LogP contribution in [0.25, 0.3) is 174 Å². The maximum Gasteiger partial charge on any atom is 0.143 e. The maximum absolute atomic E-state index is 7.14. The Bertz CT molecular complexity index is 8930. The molecule has 0 aliphatic rings. The zero-order valence-corrected chi connectivity index (χ0v) is 72.4. The van der Waals surface area contributed by atoms with E-state index in [-0.39, 0.29) is 0 Å². The summed E-state index contributed by atoms with van der Waals surface area (Å²) in [7, 11) is 0. The number of furan rings is 3. The van der Waals surface area contributed by atoms with Gasteiger partial charge in [-0.2, -0.15) is 0 Å². The number of hydrogen-bond donors (Lipinski definition) is 0. The molecule has 132 heavy (non-hydrogen) atoms. The summed E-state index contributed by atoms with van der Waals surface area (Å²) in [6.07, 6.45) is 0. The normalized spacial score (nSPS) is 11.6. The molecule has 26 rings (SSSR count). The quantitative estimate of drug-likeness (QED) is 0.0894. The van der Waals surface area contributed by atoms with E-state index in [1.165, 1.54) is 47.5 Å². The predicted octanol–water partition coefficient (Wildman–Crippen LogP) is 36.6. The van der Waals surface area contributed by atoms with Crippen molar-refractivity contribution >= 4 is 209 Å². The van der Waals surface area contributed by atoms with Crippen LogP contribution in [0.2, 0.25) is 0 Å². The average Bonchev–Trinajstić information content (AvgIpc) is 1.58. The number of benzene rings is 22. The molecule has 620 valence electrons. The van der Waals surface area contributed by atoms with E-state index >= 15 is 0 Å². The molecule has 0 bridgehead atoms. The van der Waals surface area contributed by atoms with Crippen molar-refractivity contribution in [2.45, 2.75) is 0 Å². The SMILES string of the molecule is c1ccc(-c2ccccc2N(c2ccccc2)c2ccc3c(c2)oc2c4ccc(N(c5ccc6c(c5)oc5ccccc56)c5ccccc5-c5ccccc5)cc4c4ccccc4c32)cc1.c1ccc(-c2ccccc2N(c2ccccc2)c2ccc3c(c2)oc2c4ccc(N(c5ccc6sc7ccccc7c6c5)c5ccccc5-c5ccccc5)cc4c4ccccc4c32)cc1. The lowest BCUT2D eigenvalue weighted by Crippen LogP contribution is -2.11. The Morgan fingerprint density at radius 2 is 0.424 bits per heavy atom. The fourth-order valence-corrected chi connectivity index (χ4v) is 21.2. The second kappa shape index (κ2) is 32.5. The van der Waals surface area contributed by atoms with Gasteiger partial charge < -0.3 is 32.9 Å². The molecule has 0 amide bonds. The third-order valence-electron chi connectivity index (χ3n) is 26.0. The monoisotopic (exact) mass is 1700 g/mol. The van der Waals surface area contributed by atoms with Crippen LogP contribution in [0, 0.1) is 0 Å². The zero-order chi connectivity index (χ0) is 87.1. The summed E-state index contributed by atoms with van der Waals surface area (Å²) in [6.45, 7) is 0. The molecule has 8 heteroatoms. The van der Waals surface area contributed by atoms with Crippen LogP contribution in [0.1, 0.15) is 0 Å². The first kappa shape index (κ1) is 77.1. The van der Waals surface area contributed by atoms with Crippen LogP contribution in [0.3, 0.4) is 0 Å². The van der Waals surface area contributed by atoms with Gasteiger partial charge in [0.15, 0.2) is 0 Å². The van der Waals surface area contributed by atoms with Crippen molar-refractivity contribution in [2.75, 3.05) is 19.6 Å². The molecule has 4 aromatic heterocycles. The van der Waals surface area contributed by atoms with Gasteiger partial charge in [-0.1, -0.05) is 315 Å². The third-order valence-corrected chi connectivity index (χ3v) is 27.2. The van der Waals surface area contributed by atoms with E-state index in [1.807, 2.05) is 23.5 Å². The number of anilines is 12. The molecule has 7 nitrogen and oxygen atoms in total. The highest BCUT2D eigenvalue weighted by atomic mass is 32.1. The molecular formula is C124H80N4O3S. The first-order valence-electron chi connectivity index (χ1n) is 44.8. The minimum atomic E-state index is 0.833. The molecular weight excluding hydrogens is 1630 g/mol. The molecule has 0 atom stereocenters. The molecule has 0 saturated heterocycles. The number of hydrogen-bond acceptors (Lipinski definition) is 8. The van der Waals surface area contributed by atoms with E-state index in [4.69, 9.17) is 13.3 Å². The van der Waals surface area contributed by atoms with Gasteiger partial charge in [-0.25, -0.2) is 0 Å². The van der Waals surface area contributed by atoms with Crippen LogP contribution < -0.4 is 19.6 Å². The highest BCUT2D eigenvalue weighted by Crippen LogP contribution is 2.53. The smallest absolute Gasteiger partial charge is 0.143 e. The summed E-state index contributed by atoms with van der Waals surface area (Å²) in [6, 6.07) is 174. The van der Waals surface area contributed by atoms with Gasteiger partial charge in [0.1, 0.15) is 33.5 Å². The van der Waals surface area contributed by atoms with E-state index in [2.05, 4.69) is 493 Å². The summed E-state index contributed by atoms with van der Waals surface area (Å²) in [5.41, 5.74) is 27.2. The van der Waals surface area contributed by atoms with E-state index in [9.17, 15) is 0 Å². The lowest BCUT2D eigenvalue weighted by atomic mass is 9.95. The van der Waals surface area contributed by atoms with Crippen LogP contribution in [0.4, 0.5) is 68.2 Å². The summed E-state index contributed by atoms with van der Waals surface area (Å²) < 4.78 is 23.3. The standard InChI is InChI=1S/C62H40N2O2.C62H40N2OS/c1-4-18-41(19-5-1)47-24-12-15-29-56(47)63(43-22-8-3-9-23-43)45-34-37-54-60(40-45)66-62-53-36-33-44(38-55(53)49-26-10-11-28-52(49)61(54)62)64(57-30-16-13-25-48(57)42-20-6-2-7-21-42)46-32-35-51-50-27-14-17-31-58(50)65-59(51)39-46;1-4-18-41(19-5-1)47-24-12-15-29-56(47)63(43-22-8-3-9-23-43)46-33-36-53-58(40-46)65-62-52-35-32-44(38-54(52)49-26-10-11-28-51(49)61(53)62)64(57-30-16-13-25-48(57)42-20-6-2-7-21-42)45-34-37-60-55(39-45)50-27-14-17-31-59(50)66-60/h2*1-40H. The minimum absolute atomic E-state index is 0.833. The molecule has 22 aromatic carbocycles. The Balaban J connectivity index is 0.000000142. The van der Waals surface area contributed by atoms with Gasteiger partial charge in [-0.05, 0) is 206 Å². The van der Waals surface area contributed by atoms with E-state index in [1.54, 1.807) is 0 Å². The van der Waals surface area contributed by atoms with Crippen molar-refractivity contribution in [2.24, 2.45) is 0 Å². The highest BCUT2D eigenvalue weighted by Gasteiger charge is 2.28. The second-order valence-corrected chi connectivity index (χ2v) is 34.7. The fraction of sp³-hybridized carbons (Fsp3) is 0. The van der Waals surface area contributed by atoms with Crippen LogP contribution in [0.15, 0.2) is 499 Å². The Labute approximate surface area is 765 Å². The van der Waals surface area contributed by atoms with Crippen LogP contribution in [-0.4, -0.2) is 0 Å². The van der Waals surface area contributed by atoms with Gasteiger partial charge in [0.05, 0.1) is 22.7 Å². The lowest BCUT2D eigenvalue weighted by Gasteiger charge is -2.28. The molecule has 0 fully saturated rings. The van der Waals surface area contributed by atoms with Crippen LogP contribution in [0.5, 0.6) is 0 Å². The Hall–Kier alpha value is -17.3. The number of thiophene rings is 1. The molecule has 0 aliphatic carbocycles. The van der Waals surface area contributed by atoms with Crippen molar-refractivity contribution in [1.82, 2.24) is 0 Å². The molecule has 0 N–H and O–H groups in total. The summed E-state index contributed by atoms with van der Waals surface area (Å²) in [5, 5.41) is 18.2. The molecule has 0 aliphatic heterocycles. The summed E-state index contributed by atoms with van der Waals surface area (Å²) in [4.78, 5) is 9.48. The molecule has 0 radical (unpaired) electrons. The molecule has 0 spiro atoms. The van der Waals surface area contributed by atoms with Crippen LogP contribution >= 0.6 is 11.3 Å². The number of nitrogens with zero attached hydrogens (tertiary/aromatic N) is 4. The first-order valence-corrected chi connectivity index (χ1v) is 45.6. The van der Waals surface area contributed by atoms with Crippen molar-refractivity contribution in [3.05, 3.63) is 485 Å². The van der Waals surface area contributed by atoms with Crippen molar-refractivity contribution < 1.29 is 13.3 Å². The zero-order valence-electron chi connectivity index (χ0n) is 71.6. The summed E-state index contributed by atoms with van der Waals surface area (Å²) in [5.74, 6) is 0. The van der Waals surface area contributed by atoms with E-state index in [0.717, 1.165) is 194 Å². The summed E-state index contributed by atoms with van der Waals surface area (Å²) >= 11 is 1.85. The van der Waals surface area contributed by atoms with Gasteiger partial charge in [0, 0.05) is 149 Å². The van der Waals surface area contributed by atoms with Crippen LogP contribution in [-0.2, 0) is 0 Å². The van der Waals surface area contributed by atoms with Gasteiger partial charge >= 0.3 is 0 Å².